The number of rotatable bonds is 6. The molecular weight excluding hydrogens is 367 g/mol. The zero-order chi connectivity index (χ0) is 19.7. The highest BCUT2D eigenvalue weighted by Crippen LogP contribution is 2.23. The maximum Gasteiger partial charge on any atom is 0.310 e. The number of anilines is 1. The molecule has 1 saturated heterocycles. The fourth-order valence-corrected chi connectivity index (χ4v) is 2.85. The predicted octanol–water partition coefficient (Wildman–Crippen LogP) is 1.60. The van der Waals surface area contributed by atoms with E-state index in [1.54, 1.807) is 28.9 Å². The largest absolute Gasteiger partial charge is 0.481 e. The number of carboxylic acids is 1. The molecule has 0 unspecified atom stereocenters. The van der Waals surface area contributed by atoms with E-state index in [0.29, 0.717) is 41.9 Å². The monoisotopic (exact) mass is 384 g/mol. The minimum atomic E-state index is -0.800. The van der Waals surface area contributed by atoms with Gasteiger partial charge in [0.15, 0.2) is 5.82 Å². The van der Waals surface area contributed by atoms with Gasteiger partial charge in [0.05, 0.1) is 17.3 Å². The molecule has 0 radical (unpaired) electrons. The van der Waals surface area contributed by atoms with E-state index in [9.17, 15) is 9.18 Å². The molecule has 0 aliphatic carbocycles. The van der Waals surface area contributed by atoms with E-state index in [1.807, 2.05) is 11.8 Å². The molecule has 3 heterocycles. The summed E-state index contributed by atoms with van der Waals surface area (Å²) in [4.78, 5) is 12.7. The average molecular weight is 384 g/mol. The Morgan fingerprint density at radius 2 is 1.93 bits per heavy atom. The van der Waals surface area contributed by atoms with Crippen LogP contribution in [0.15, 0.2) is 36.4 Å². The summed E-state index contributed by atoms with van der Waals surface area (Å²) < 4.78 is 20.4. The molecule has 1 aromatic carbocycles. The lowest BCUT2D eigenvalue weighted by Crippen LogP contribution is -2.50. The van der Waals surface area contributed by atoms with Gasteiger partial charge in [-0.15, -0.1) is 15.3 Å². The Kier molecular flexibility index (Phi) is 4.60. The molecule has 0 atom stereocenters. The van der Waals surface area contributed by atoms with Crippen LogP contribution in [0.3, 0.4) is 0 Å². The summed E-state index contributed by atoms with van der Waals surface area (Å²) in [5.41, 5.74) is 2.08. The summed E-state index contributed by atoms with van der Waals surface area (Å²) in [7, 11) is 0. The number of aliphatic carboxylic acids is 1. The second kappa shape index (κ2) is 7.22. The highest BCUT2D eigenvalue weighted by molar-refractivity contribution is 5.74. The Hall–Kier alpha value is -3.56. The SMILES string of the molecule is Cc1nnn(-c2ccc(F)cc2)c1COc1ccc(N2CC(C(=O)O)C2)nn1. The van der Waals surface area contributed by atoms with Crippen LogP contribution in [0.25, 0.3) is 5.69 Å². The van der Waals surface area contributed by atoms with E-state index in [4.69, 9.17) is 9.84 Å². The summed E-state index contributed by atoms with van der Waals surface area (Å²) in [5.74, 6) is -0.555. The molecule has 144 valence electrons. The summed E-state index contributed by atoms with van der Waals surface area (Å²) in [6, 6.07) is 9.34. The average Bonchev–Trinajstić information content (AvgIpc) is 3.01. The number of aryl methyl sites for hydroxylation is 1. The molecule has 0 bridgehead atoms. The highest BCUT2D eigenvalue weighted by Gasteiger charge is 2.33. The molecule has 1 aliphatic heterocycles. The fraction of sp³-hybridized carbons (Fsp3) is 0.278. The van der Waals surface area contributed by atoms with Crippen LogP contribution < -0.4 is 9.64 Å². The number of nitrogens with zero attached hydrogens (tertiary/aromatic N) is 6. The number of halogens is 1. The summed E-state index contributed by atoms with van der Waals surface area (Å²) in [5, 5.41) is 25.2. The van der Waals surface area contributed by atoms with Crippen molar-refractivity contribution in [3.8, 4) is 11.6 Å². The Labute approximate surface area is 159 Å². The molecule has 1 aliphatic rings. The van der Waals surface area contributed by atoms with E-state index < -0.39 is 5.97 Å². The van der Waals surface area contributed by atoms with Gasteiger partial charge in [-0.1, -0.05) is 5.21 Å². The van der Waals surface area contributed by atoms with Gasteiger partial charge in [0.1, 0.15) is 18.1 Å². The van der Waals surface area contributed by atoms with Crippen molar-refractivity contribution in [2.24, 2.45) is 5.92 Å². The number of benzene rings is 1. The van der Waals surface area contributed by atoms with E-state index in [1.165, 1.54) is 12.1 Å². The summed E-state index contributed by atoms with van der Waals surface area (Å²) in [6.07, 6.45) is 0. The standard InChI is InChI=1S/C18H17FN6O3/c1-11-15(25(23-20-11)14-4-2-13(19)3-5-14)10-28-17-7-6-16(21-22-17)24-8-12(9-24)18(26)27/h2-7,12H,8-10H2,1H3,(H,26,27). The van der Waals surface area contributed by atoms with Crippen molar-refractivity contribution in [3.63, 3.8) is 0 Å². The van der Waals surface area contributed by atoms with Crippen LogP contribution >= 0.6 is 0 Å². The number of ether oxygens (including phenoxy) is 1. The van der Waals surface area contributed by atoms with Crippen LogP contribution in [0.2, 0.25) is 0 Å². The molecule has 9 nitrogen and oxygen atoms in total. The van der Waals surface area contributed by atoms with E-state index in [-0.39, 0.29) is 18.3 Å². The van der Waals surface area contributed by atoms with Crippen molar-refractivity contribution >= 4 is 11.8 Å². The van der Waals surface area contributed by atoms with Crippen molar-refractivity contribution in [1.82, 2.24) is 25.2 Å². The van der Waals surface area contributed by atoms with Gasteiger partial charge in [-0.3, -0.25) is 4.79 Å². The smallest absolute Gasteiger partial charge is 0.310 e. The Balaban J connectivity index is 1.42. The van der Waals surface area contributed by atoms with Gasteiger partial charge in [0, 0.05) is 19.2 Å². The maximum atomic E-state index is 13.1. The Morgan fingerprint density at radius 3 is 2.57 bits per heavy atom. The van der Waals surface area contributed by atoms with Crippen molar-refractivity contribution < 1.29 is 19.0 Å². The molecular formula is C18H17FN6O3. The first-order chi connectivity index (χ1) is 13.5. The topological polar surface area (TPSA) is 106 Å². The second-order valence-corrected chi connectivity index (χ2v) is 6.47. The van der Waals surface area contributed by atoms with Gasteiger partial charge in [0.25, 0.3) is 0 Å². The van der Waals surface area contributed by atoms with Crippen LogP contribution in [-0.2, 0) is 11.4 Å². The molecule has 0 amide bonds. The van der Waals surface area contributed by atoms with Crippen molar-refractivity contribution in [1.29, 1.82) is 0 Å². The quantitative estimate of drug-likeness (QED) is 0.683. The maximum absolute atomic E-state index is 13.1. The van der Waals surface area contributed by atoms with Crippen LogP contribution in [0.5, 0.6) is 5.88 Å². The van der Waals surface area contributed by atoms with Gasteiger partial charge in [-0.05, 0) is 37.3 Å². The molecule has 1 N–H and O–H groups in total. The van der Waals surface area contributed by atoms with Crippen LogP contribution in [-0.4, -0.2) is 49.4 Å². The highest BCUT2D eigenvalue weighted by atomic mass is 19.1. The van der Waals surface area contributed by atoms with E-state index in [2.05, 4.69) is 20.5 Å². The summed E-state index contributed by atoms with van der Waals surface area (Å²) in [6.45, 7) is 2.82. The number of hydrogen-bond acceptors (Lipinski definition) is 7. The predicted molar refractivity (Wildman–Crippen MR) is 95.8 cm³/mol. The summed E-state index contributed by atoms with van der Waals surface area (Å²) >= 11 is 0. The first-order valence-corrected chi connectivity index (χ1v) is 8.62. The molecule has 4 rings (SSSR count). The van der Waals surface area contributed by atoms with Gasteiger partial charge in [-0.2, -0.15) is 0 Å². The molecule has 28 heavy (non-hydrogen) atoms. The number of carboxylic acid groups (broad SMARTS) is 1. The van der Waals surface area contributed by atoms with E-state index in [0.717, 1.165) is 0 Å². The minimum Gasteiger partial charge on any atom is -0.481 e. The van der Waals surface area contributed by atoms with Gasteiger partial charge in [0.2, 0.25) is 5.88 Å². The molecule has 0 spiro atoms. The molecule has 0 saturated carbocycles. The zero-order valence-corrected chi connectivity index (χ0v) is 15.0. The molecule has 2 aromatic heterocycles. The van der Waals surface area contributed by atoms with Crippen LogP contribution in [0.4, 0.5) is 10.2 Å². The third kappa shape index (κ3) is 3.48. The van der Waals surface area contributed by atoms with Crippen molar-refractivity contribution in [3.05, 3.63) is 53.6 Å². The third-order valence-electron chi connectivity index (χ3n) is 4.57. The Morgan fingerprint density at radius 1 is 1.18 bits per heavy atom. The molecule has 1 fully saturated rings. The van der Waals surface area contributed by atoms with Crippen LogP contribution in [0.1, 0.15) is 11.4 Å². The van der Waals surface area contributed by atoms with Crippen molar-refractivity contribution in [2.75, 3.05) is 18.0 Å². The third-order valence-corrected chi connectivity index (χ3v) is 4.57. The number of carbonyl (C=O) groups is 1. The van der Waals surface area contributed by atoms with Gasteiger partial charge < -0.3 is 14.7 Å². The zero-order valence-electron chi connectivity index (χ0n) is 15.0. The number of aromatic nitrogens is 5. The fourth-order valence-electron chi connectivity index (χ4n) is 2.85. The van der Waals surface area contributed by atoms with Gasteiger partial charge in [-0.25, -0.2) is 9.07 Å². The molecule has 3 aromatic rings. The van der Waals surface area contributed by atoms with Crippen molar-refractivity contribution in [2.45, 2.75) is 13.5 Å². The number of hydrogen-bond donors (Lipinski definition) is 1. The lowest BCUT2D eigenvalue weighted by Gasteiger charge is -2.37. The minimum absolute atomic E-state index is 0.162. The normalized spacial score (nSPS) is 14.0. The lowest BCUT2D eigenvalue weighted by atomic mass is 10.0. The van der Waals surface area contributed by atoms with Gasteiger partial charge >= 0.3 is 5.97 Å². The van der Waals surface area contributed by atoms with Crippen LogP contribution in [0, 0.1) is 18.7 Å². The first kappa shape index (κ1) is 17.8. The first-order valence-electron chi connectivity index (χ1n) is 8.62. The second-order valence-electron chi connectivity index (χ2n) is 6.47. The van der Waals surface area contributed by atoms with E-state index >= 15 is 0 Å². The lowest BCUT2D eigenvalue weighted by molar-refractivity contribution is -0.142. The molecule has 10 heteroatoms. The Bertz CT molecular complexity index is 984.